The molecule has 224 valence electrons. The van der Waals surface area contributed by atoms with E-state index in [4.69, 9.17) is 28.0 Å². The van der Waals surface area contributed by atoms with E-state index < -0.39 is 19.8 Å². The van der Waals surface area contributed by atoms with Gasteiger partial charge >= 0.3 is 19.7 Å². The predicted octanol–water partition coefficient (Wildman–Crippen LogP) is 4.49. The van der Waals surface area contributed by atoms with E-state index in [2.05, 4.69) is 20.0 Å². The van der Waals surface area contributed by atoms with Crippen LogP contribution in [0.4, 0.5) is 0 Å². The second-order valence-corrected chi connectivity index (χ2v) is 10.7. The average Bonchev–Trinajstić information content (AvgIpc) is 3.46. The van der Waals surface area contributed by atoms with Crippen molar-refractivity contribution in [3.63, 3.8) is 0 Å². The van der Waals surface area contributed by atoms with Gasteiger partial charge in [-0.25, -0.2) is 14.5 Å². The molecule has 2 atom stereocenters. The van der Waals surface area contributed by atoms with Crippen LogP contribution >= 0.6 is 7.75 Å². The van der Waals surface area contributed by atoms with Gasteiger partial charge in [0.25, 0.3) is 0 Å². The minimum atomic E-state index is -3.96. The van der Waals surface area contributed by atoms with Crippen molar-refractivity contribution in [2.45, 2.75) is 46.4 Å². The van der Waals surface area contributed by atoms with Crippen LogP contribution in [0.15, 0.2) is 49.1 Å². The Morgan fingerprint density at radius 3 is 2.51 bits per heavy atom. The highest BCUT2D eigenvalue weighted by Gasteiger charge is 2.32. The Morgan fingerprint density at radius 1 is 1.07 bits per heavy atom. The molecule has 13 nitrogen and oxygen atoms in total. The molecule has 3 rings (SSSR count). The summed E-state index contributed by atoms with van der Waals surface area (Å²) in [5, 5.41) is 2.68. The normalized spacial score (nSPS) is 13.4. The monoisotopic (exact) mass is 591 g/mol. The number of methoxy groups -OCH3 is 2. The largest absolute Gasteiger partial charge is 0.480 e. The first-order valence-electron chi connectivity index (χ1n) is 13.3. The molecule has 41 heavy (non-hydrogen) atoms. The SMILES string of the molecule is CCC(CC)COC(=O)[C@H](C)NP(=O)(OCCOCn1cnc(-c2cnc(OC)nc2OC)c1)Oc1ccccc1. The first-order chi connectivity index (χ1) is 19.8. The number of aromatic nitrogens is 4. The molecule has 0 aliphatic carbocycles. The molecule has 1 unspecified atom stereocenters. The van der Waals surface area contributed by atoms with E-state index in [9.17, 15) is 9.36 Å². The zero-order chi connectivity index (χ0) is 29.7. The summed E-state index contributed by atoms with van der Waals surface area (Å²) >= 11 is 0. The summed E-state index contributed by atoms with van der Waals surface area (Å²) in [7, 11) is -0.996. The molecule has 0 bridgehead atoms. The standard InChI is InChI=1S/C27H38N5O8P/c1-6-21(7-2)17-38-26(33)20(3)31-41(34,40-22-11-9-8-10-12-22)39-14-13-37-19-32-16-24(29-18-32)23-15-28-27(36-5)30-25(23)35-4/h8-12,15-16,18,20-21H,6-7,13-14,17,19H2,1-5H3,(H,31,34)/t20-,41?/m0/s1. The quantitative estimate of drug-likeness (QED) is 0.126. The van der Waals surface area contributed by atoms with Crippen molar-refractivity contribution in [1.82, 2.24) is 24.6 Å². The highest BCUT2D eigenvalue weighted by atomic mass is 31.2. The maximum Gasteiger partial charge on any atom is 0.459 e. The Labute approximate surface area is 240 Å². The van der Waals surface area contributed by atoms with Gasteiger partial charge in [0.05, 0.1) is 51.6 Å². The number of carbonyl (C=O) groups is 1. The van der Waals surface area contributed by atoms with Gasteiger partial charge < -0.3 is 28.0 Å². The van der Waals surface area contributed by atoms with Gasteiger partial charge in [-0.3, -0.25) is 9.32 Å². The van der Waals surface area contributed by atoms with Crippen molar-refractivity contribution >= 4 is 13.7 Å². The van der Waals surface area contributed by atoms with E-state index in [1.54, 1.807) is 60.5 Å². The van der Waals surface area contributed by atoms with Crippen LogP contribution in [0.25, 0.3) is 11.3 Å². The van der Waals surface area contributed by atoms with Gasteiger partial charge in [-0.1, -0.05) is 44.9 Å². The molecule has 14 heteroatoms. The number of rotatable bonds is 18. The summed E-state index contributed by atoms with van der Waals surface area (Å²) < 4.78 is 48.0. The number of ether oxygens (including phenoxy) is 4. The fourth-order valence-electron chi connectivity index (χ4n) is 3.59. The van der Waals surface area contributed by atoms with Crippen molar-refractivity contribution in [2.75, 3.05) is 34.0 Å². The number of esters is 1. The van der Waals surface area contributed by atoms with Crippen LogP contribution in [0.3, 0.4) is 0 Å². The van der Waals surface area contributed by atoms with Crippen molar-refractivity contribution < 1.29 is 37.4 Å². The van der Waals surface area contributed by atoms with Crippen LogP contribution in [0.1, 0.15) is 33.6 Å². The van der Waals surface area contributed by atoms with Crippen molar-refractivity contribution in [1.29, 1.82) is 0 Å². The lowest BCUT2D eigenvalue weighted by atomic mass is 10.1. The molecule has 2 aromatic heterocycles. The molecule has 1 aromatic carbocycles. The lowest BCUT2D eigenvalue weighted by Gasteiger charge is -2.23. The summed E-state index contributed by atoms with van der Waals surface area (Å²) in [6.45, 7) is 6.08. The van der Waals surface area contributed by atoms with Gasteiger partial charge in [-0.2, -0.15) is 10.1 Å². The zero-order valence-corrected chi connectivity index (χ0v) is 24.9. The highest BCUT2D eigenvalue weighted by molar-refractivity contribution is 7.52. The molecule has 1 N–H and O–H groups in total. The zero-order valence-electron chi connectivity index (χ0n) is 24.0. The fraction of sp³-hybridized carbons (Fsp3) is 0.481. The second kappa shape index (κ2) is 16.1. The van der Waals surface area contributed by atoms with Crippen LogP contribution in [0.5, 0.6) is 17.6 Å². The van der Waals surface area contributed by atoms with Crippen molar-refractivity contribution in [3.8, 4) is 28.9 Å². The number of carbonyl (C=O) groups excluding carboxylic acids is 1. The molecule has 0 saturated heterocycles. The number of imidazole rings is 1. The molecule has 0 spiro atoms. The first kappa shape index (κ1) is 32.0. The Morgan fingerprint density at radius 2 is 1.83 bits per heavy atom. The summed E-state index contributed by atoms with van der Waals surface area (Å²) in [5.41, 5.74) is 1.17. The molecule has 0 fully saturated rings. The van der Waals surface area contributed by atoms with Crippen LogP contribution in [-0.2, 0) is 30.1 Å². The maximum absolute atomic E-state index is 13.6. The van der Waals surface area contributed by atoms with E-state index in [1.807, 2.05) is 13.8 Å². The average molecular weight is 592 g/mol. The third kappa shape index (κ3) is 9.82. The van der Waals surface area contributed by atoms with E-state index >= 15 is 0 Å². The molecule has 2 heterocycles. The third-order valence-corrected chi connectivity index (χ3v) is 7.71. The first-order valence-corrected chi connectivity index (χ1v) is 14.8. The smallest absolute Gasteiger partial charge is 0.459 e. The Hall–Kier alpha value is -3.51. The third-order valence-electron chi connectivity index (χ3n) is 6.04. The summed E-state index contributed by atoms with van der Waals surface area (Å²) in [5.74, 6) is 0.381. The topological polar surface area (TPSA) is 145 Å². The Balaban J connectivity index is 1.55. The summed E-state index contributed by atoms with van der Waals surface area (Å²) in [6.07, 6.45) is 6.68. The molecule has 0 radical (unpaired) electrons. The summed E-state index contributed by atoms with van der Waals surface area (Å²) in [6, 6.07) is 7.82. The number of hydrogen-bond acceptors (Lipinski definition) is 11. The van der Waals surface area contributed by atoms with Gasteiger partial charge in [0.15, 0.2) is 0 Å². The lowest BCUT2D eigenvalue weighted by Crippen LogP contribution is -2.36. The molecule has 0 amide bonds. The lowest BCUT2D eigenvalue weighted by molar-refractivity contribution is -0.146. The van der Waals surface area contributed by atoms with Crippen LogP contribution in [-0.4, -0.2) is 65.6 Å². The van der Waals surface area contributed by atoms with Gasteiger partial charge in [-0.05, 0) is 25.0 Å². The highest BCUT2D eigenvalue weighted by Crippen LogP contribution is 2.44. The van der Waals surface area contributed by atoms with Crippen molar-refractivity contribution in [3.05, 3.63) is 49.1 Å². The van der Waals surface area contributed by atoms with Crippen LogP contribution in [0.2, 0.25) is 0 Å². The van der Waals surface area contributed by atoms with Gasteiger partial charge in [-0.15, -0.1) is 0 Å². The Kier molecular flexibility index (Phi) is 12.5. The minimum absolute atomic E-state index is 0.0751. The number of hydrogen-bond donors (Lipinski definition) is 1. The second-order valence-electron chi connectivity index (χ2n) is 8.99. The fourth-order valence-corrected chi connectivity index (χ4v) is 5.06. The summed E-state index contributed by atoms with van der Waals surface area (Å²) in [4.78, 5) is 25.2. The van der Waals surface area contributed by atoms with E-state index in [0.717, 1.165) is 12.8 Å². The van der Waals surface area contributed by atoms with E-state index in [-0.39, 0.29) is 31.9 Å². The minimum Gasteiger partial charge on any atom is -0.480 e. The molecule has 3 aromatic rings. The Bertz CT molecular complexity index is 1270. The number of para-hydroxylation sites is 1. The van der Waals surface area contributed by atoms with Crippen LogP contribution in [0, 0.1) is 5.92 Å². The molecular formula is C27H38N5O8P. The number of nitrogens with one attached hydrogen (secondary N) is 1. The van der Waals surface area contributed by atoms with Crippen molar-refractivity contribution in [2.24, 2.45) is 5.92 Å². The van der Waals surface area contributed by atoms with Gasteiger partial charge in [0.2, 0.25) is 5.88 Å². The molecule has 0 saturated carbocycles. The number of nitrogens with zero attached hydrogens (tertiary/aromatic N) is 4. The predicted molar refractivity (Wildman–Crippen MR) is 151 cm³/mol. The molecule has 0 aliphatic heterocycles. The van der Waals surface area contributed by atoms with Gasteiger partial charge in [0, 0.05) is 12.4 Å². The number of benzene rings is 1. The van der Waals surface area contributed by atoms with Crippen LogP contribution < -0.4 is 19.1 Å². The molecule has 0 aliphatic rings. The maximum atomic E-state index is 13.6. The van der Waals surface area contributed by atoms with E-state index in [1.165, 1.54) is 14.2 Å². The van der Waals surface area contributed by atoms with Gasteiger partial charge in [0.1, 0.15) is 18.5 Å². The molecular weight excluding hydrogens is 553 g/mol. The van der Waals surface area contributed by atoms with E-state index in [0.29, 0.717) is 29.5 Å².